The van der Waals surface area contributed by atoms with Gasteiger partial charge < -0.3 is 0 Å². The lowest BCUT2D eigenvalue weighted by Crippen LogP contribution is -1.94. The van der Waals surface area contributed by atoms with Crippen LogP contribution in [0.4, 0.5) is 0 Å². The Bertz CT molecular complexity index is 1250. The van der Waals surface area contributed by atoms with E-state index in [0.717, 1.165) is 0 Å². The summed E-state index contributed by atoms with van der Waals surface area (Å²) in [6.07, 6.45) is 0. The van der Waals surface area contributed by atoms with Crippen LogP contribution in [0.25, 0.3) is 43.8 Å². The van der Waals surface area contributed by atoms with Crippen molar-refractivity contribution in [3.63, 3.8) is 0 Å². The molecule has 0 amide bonds. The van der Waals surface area contributed by atoms with E-state index < -0.39 is 0 Å². The first kappa shape index (κ1) is 18.6. The van der Waals surface area contributed by atoms with Crippen molar-refractivity contribution in [2.24, 2.45) is 0 Å². The van der Waals surface area contributed by atoms with E-state index in [0.29, 0.717) is 0 Å². The Morgan fingerprint density at radius 3 is 1.03 bits per heavy atom. The topological polar surface area (TPSA) is 0 Å². The first-order valence-corrected chi connectivity index (χ1v) is 10.6. The van der Waals surface area contributed by atoms with Crippen LogP contribution in [-0.4, -0.2) is 0 Å². The second kappa shape index (κ2) is 7.15. The summed E-state index contributed by atoms with van der Waals surface area (Å²) < 4.78 is 0. The number of rotatable bonds is 2. The Morgan fingerprint density at radius 2 is 0.733 bits per heavy atom. The maximum Gasteiger partial charge on any atom is -0.00237 e. The highest BCUT2D eigenvalue weighted by Gasteiger charge is 2.18. The Morgan fingerprint density at radius 1 is 0.400 bits per heavy atom. The van der Waals surface area contributed by atoms with Crippen molar-refractivity contribution in [2.75, 3.05) is 0 Å². The summed E-state index contributed by atoms with van der Waals surface area (Å²) >= 11 is 0. The third-order valence-corrected chi connectivity index (χ3v) is 6.23. The number of hydrogen-bond donors (Lipinski definition) is 0. The van der Waals surface area contributed by atoms with Crippen LogP contribution in [0.1, 0.15) is 22.3 Å². The number of hydrogen-bond acceptors (Lipinski definition) is 0. The van der Waals surface area contributed by atoms with Gasteiger partial charge in [0.15, 0.2) is 0 Å². The van der Waals surface area contributed by atoms with Gasteiger partial charge in [0, 0.05) is 0 Å². The molecule has 0 saturated heterocycles. The van der Waals surface area contributed by atoms with Gasteiger partial charge >= 0.3 is 0 Å². The number of benzene rings is 5. The monoisotopic (exact) mass is 386 g/mol. The lowest BCUT2D eigenvalue weighted by atomic mass is 9.83. The molecular weight excluding hydrogens is 360 g/mol. The van der Waals surface area contributed by atoms with Gasteiger partial charge in [0.25, 0.3) is 0 Å². The first-order valence-electron chi connectivity index (χ1n) is 10.6. The van der Waals surface area contributed by atoms with E-state index in [1.807, 2.05) is 0 Å². The highest BCUT2D eigenvalue weighted by atomic mass is 14.2. The molecule has 0 nitrogen and oxygen atoms in total. The fourth-order valence-electron chi connectivity index (χ4n) is 4.90. The Hall–Kier alpha value is -3.38. The number of fused-ring (bicyclic) bond motifs is 2. The van der Waals surface area contributed by atoms with E-state index in [9.17, 15) is 0 Å². The summed E-state index contributed by atoms with van der Waals surface area (Å²) in [5, 5.41) is 5.27. The molecule has 0 heterocycles. The van der Waals surface area contributed by atoms with Crippen molar-refractivity contribution in [2.45, 2.75) is 27.7 Å². The predicted octanol–water partition coefficient (Wildman–Crippen LogP) is 8.56. The second-order valence-corrected chi connectivity index (χ2v) is 8.48. The maximum absolute atomic E-state index is 2.29. The van der Waals surface area contributed by atoms with E-state index in [2.05, 4.69) is 113 Å². The van der Waals surface area contributed by atoms with Gasteiger partial charge in [0.05, 0.1) is 0 Å². The van der Waals surface area contributed by atoms with Crippen molar-refractivity contribution in [3.05, 3.63) is 107 Å². The molecule has 146 valence electrons. The molecule has 0 heteroatoms. The van der Waals surface area contributed by atoms with Gasteiger partial charge in [0.2, 0.25) is 0 Å². The smallest absolute Gasteiger partial charge is 0.00237 e. The van der Waals surface area contributed by atoms with E-state index in [1.165, 1.54) is 66.1 Å². The molecule has 0 aromatic heterocycles. The highest BCUT2D eigenvalue weighted by Crippen LogP contribution is 2.45. The summed E-state index contributed by atoms with van der Waals surface area (Å²) in [5.74, 6) is 0. The molecule has 0 radical (unpaired) electrons. The zero-order valence-corrected chi connectivity index (χ0v) is 18.1. The van der Waals surface area contributed by atoms with Gasteiger partial charge in [-0.25, -0.2) is 0 Å². The van der Waals surface area contributed by atoms with Crippen molar-refractivity contribution < 1.29 is 0 Å². The molecular formula is C30H26. The highest BCUT2D eigenvalue weighted by molar-refractivity contribution is 6.21. The molecule has 30 heavy (non-hydrogen) atoms. The normalized spacial score (nSPS) is 11.3. The summed E-state index contributed by atoms with van der Waals surface area (Å²) in [6.45, 7) is 8.78. The molecule has 0 unspecified atom stereocenters. The quantitative estimate of drug-likeness (QED) is 0.267. The molecule has 0 spiro atoms. The minimum Gasteiger partial charge on any atom is -0.0616 e. The third kappa shape index (κ3) is 2.92. The van der Waals surface area contributed by atoms with Gasteiger partial charge in [-0.2, -0.15) is 0 Å². The van der Waals surface area contributed by atoms with Crippen molar-refractivity contribution >= 4 is 21.5 Å². The van der Waals surface area contributed by atoms with Gasteiger partial charge in [0.1, 0.15) is 0 Å². The van der Waals surface area contributed by atoms with Crippen molar-refractivity contribution in [1.82, 2.24) is 0 Å². The fourth-order valence-corrected chi connectivity index (χ4v) is 4.90. The minimum atomic E-state index is 1.30. The molecule has 5 rings (SSSR count). The molecule has 0 atom stereocenters. The summed E-state index contributed by atoms with van der Waals surface area (Å²) in [5.41, 5.74) is 10.6. The average molecular weight is 387 g/mol. The van der Waals surface area contributed by atoms with Gasteiger partial charge in [-0.3, -0.25) is 0 Å². The van der Waals surface area contributed by atoms with Crippen molar-refractivity contribution in [3.8, 4) is 22.3 Å². The molecule has 5 aromatic carbocycles. The van der Waals surface area contributed by atoms with Crippen LogP contribution in [0.15, 0.2) is 84.9 Å². The SMILES string of the molecule is Cc1ccc(-c2c3ccccc3c(-c3ccc(C)cc3C)c3ccccc23)c(C)c1. The molecule has 5 aromatic rings. The van der Waals surface area contributed by atoms with Gasteiger partial charge in [-0.1, -0.05) is 96.1 Å². The molecule has 0 saturated carbocycles. The lowest BCUT2D eigenvalue weighted by Gasteiger charge is -2.20. The molecule has 0 fully saturated rings. The van der Waals surface area contributed by atoms with E-state index >= 15 is 0 Å². The van der Waals surface area contributed by atoms with Crippen LogP contribution in [0.5, 0.6) is 0 Å². The molecule has 0 aliphatic rings. The Balaban J connectivity index is 2.00. The third-order valence-electron chi connectivity index (χ3n) is 6.23. The van der Waals surface area contributed by atoms with Crippen LogP contribution >= 0.6 is 0 Å². The molecule has 0 bridgehead atoms. The Labute approximate surface area is 178 Å². The molecule has 0 aliphatic carbocycles. The van der Waals surface area contributed by atoms with Crippen LogP contribution < -0.4 is 0 Å². The minimum absolute atomic E-state index is 1.30. The van der Waals surface area contributed by atoms with Crippen molar-refractivity contribution in [1.29, 1.82) is 0 Å². The molecule has 0 N–H and O–H groups in total. The summed E-state index contributed by atoms with van der Waals surface area (Å²) in [6, 6.07) is 31.4. The predicted molar refractivity (Wildman–Crippen MR) is 131 cm³/mol. The largest absolute Gasteiger partial charge is 0.0616 e. The van der Waals surface area contributed by atoms with Crippen LogP contribution in [0.3, 0.4) is 0 Å². The fraction of sp³-hybridized carbons (Fsp3) is 0.133. The van der Waals surface area contributed by atoms with E-state index in [-0.39, 0.29) is 0 Å². The second-order valence-electron chi connectivity index (χ2n) is 8.48. The van der Waals surface area contributed by atoms with Crippen LogP contribution in [-0.2, 0) is 0 Å². The average Bonchev–Trinajstić information content (AvgIpc) is 2.73. The summed E-state index contributed by atoms with van der Waals surface area (Å²) in [7, 11) is 0. The summed E-state index contributed by atoms with van der Waals surface area (Å²) in [4.78, 5) is 0. The number of aryl methyl sites for hydroxylation is 4. The van der Waals surface area contributed by atoms with Gasteiger partial charge in [-0.15, -0.1) is 0 Å². The van der Waals surface area contributed by atoms with E-state index in [1.54, 1.807) is 0 Å². The van der Waals surface area contributed by atoms with E-state index in [4.69, 9.17) is 0 Å². The van der Waals surface area contributed by atoms with Crippen LogP contribution in [0.2, 0.25) is 0 Å². The molecule has 0 aliphatic heterocycles. The first-order chi connectivity index (χ1) is 14.5. The zero-order valence-electron chi connectivity index (χ0n) is 18.1. The zero-order chi connectivity index (χ0) is 20.8. The van der Waals surface area contributed by atoms with Crippen LogP contribution in [0, 0.1) is 27.7 Å². The lowest BCUT2D eigenvalue weighted by molar-refractivity contribution is 1.38. The maximum atomic E-state index is 2.29. The standard InChI is InChI=1S/C30H26/c1-19-13-15-23(21(3)17-19)29-25-9-5-7-11-27(25)30(28-12-8-6-10-26(28)29)24-16-14-20(2)18-22(24)4/h5-18H,1-4H3. The van der Waals surface area contributed by atoms with Gasteiger partial charge in [-0.05, 0) is 82.6 Å². The Kier molecular flexibility index (Phi) is 4.44.